The van der Waals surface area contributed by atoms with Crippen LogP contribution in [0.25, 0.3) is 0 Å². The number of rotatable bonds is 8. The van der Waals surface area contributed by atoms with Crippen LogP contribution in [-0.4, -0.2) is 23.9 Å². The van der Waals surface area contributed by atoms with Gasteiger partial charge in [0.25, 0.3) is 0 Å². The molecule has 164 valence electrons. The lowest BCUT2D eigenvalue weighted by Gasteiger charge is -2.21. The molecule has 0 saturated carbocycles. The molecule has 4 nitrogen and oxygen atoms in total. The second-order valence-electron chi connectivity index (χ2n) is 7.61. The maximum Gasteiger partial charge on any atom is 0.311 e. The number of nitriles is 2. The Morgan fingerprint density at radius 3 is 2.19 bits per heavy atom. The summed E-state index contributed by atoms with van der Waals surface area (Å²) < 4.78 is 5.13. The van der Waals surface area contributed by atoms with Gasteiger partial charge in [-0.25, -0.2) is 0 Å². The number of esters is 1. The van der Waals surface area contributed by atoms with Crippen LogP contribution in [0.3, 0.4) is 0 Å². The largest absolute Gasteiger partial charge is 0.427 e. The first-order chi connectivity index (χ1) is 15.1. The third-order valence-corrected chi connectivity index (χ3v) is 7.45. The molecule has 0 fully saturated rings. The van der Waals surface area contributed by atoms with Crippen LogP contribution in [0.4, 0.5) is 0 Å². The van der Waals surface area contributed by atoms with Crippen molar-refractivity contribution < 1.29 is 9.53 Å². The fraction of sp³-hybridized carbons (Fsp3) is 0.292. The summed E-state index contributed by atoms with van der Waals surface area (Å²) in [5, 5.41) is 18.9. The average molecular weight is 499 g/mol. The summed E-state index contributed by atoms with van der Waals surface area (Å²) in [6.07, 6.45) is 0.365. The lowest BCUT2D eigenvalue weighted by molar-refractivity contribution is -0.134. The van der Waals surface area contributed by atoms with E-state index in [2.05, 4.69) is 12.1 Å². The molecule has 0 amide bonds. The van der Waals surface area contributed by atoms with Crippen LogP contribution in [0.5, 0.6) is 5.75 Å². The van der Waals surface area contributed by atoms with E-state index < -0.39 is 15.5 Å². The molecule has 0 saturated heterocycles. The van der Waals surface area contributed by atoms with E-state index in [4.69, 9.17) is 29.2 Å². The van der Waals surface area contributed by atoms with Gasteiger partial charge in [-0.2, -0.15) is 10.5 Å². The third-order valence-electron chi connectivity index (χ3n) is 4.29. The van der Waals surface area contributed by atoms with Gasteiger partial charge in [-0.15, -0.1) is 0 Å². The van der Waals surface area contributed by atoms with E-state index in [0.717, 1.165) is 5.56 Å². The SMILES string of the molecule is CC(C)(C#N)SC(=S)c1cccc(OC(=O)CCC(C)(C#N)SC(=S)c2ccccc2)c1. The number of benzene rings is 2. The summed E-state index contributed by atoms with van der Waals surface area (Å²) in [5.74, 6) is -0.0675. The van der Waals surface area contributed by atoms with Gasteiger partial charge in [0.15, 0.2) is 0 Å². The molecule has 1 atom stereocenters. The van der Waals surface area contributed by atoms with Crippen LogP contribution in [0, 0.1) is 22.7 Å². The maximum atomic E-state index is 12.4. The minimum atomic E-state index is -0.852. The molecular formula is C24H22N2O2S4. The zero-order chi connectivity index (χ0) is 23.8. The predicted molar refractivity (Wildman–Crippen MR) is 140 cm³/mol. The van der Waals surface area contributed by atoms with Crippen molar-refractivity contribution in [1.29, 1.82) is 10.5 Å². The summed E-state index contributed by atoms with van der Waals surface area (Å²) in [4.78, 5) is 12.4. The van der Waals surface area contributed by atoms with Gasteiger partial charge < -0.3 is 4.74 Å². The average Bonchev–Trinajstić information content (AvgIpc) is 2.78. The van der Waals surface area contributed by atoms with Crippen molar-refractivity contribution in [2.24, 2.45) is 0 Å². The molecule has 0 heterocycles. The fourth-order valence-electron chi connectivity index (χ4n) is 2.49. The van der Waals surface area contributed by atoms with Gasteiger partial charge in [-0.3, -0.25) is 4.79 Å². The zero-order valence-electron chi connectivity index (χ0n) is 18.0. The van der Waals surface area contributed by atoms with E-state index in [0.29, 0.717) is 26.1 Å². The Balaban J connectivity index is 1.97. The van der Waals surface area contributed by atoms with Crippen molar-refractivity contribution in [3.05, 3.63) is 65.7 Å². The topological polar surface area (TPSA) is 73.9 Å². The van der Waals surface area contributed by atoms with Gasteiger partial charge in [0, 0.05) is 12.0 Å². The first-order valence-corrected chi connectivity index (χ1v) is 12.2. The van der Waals surface area contributed by atoms with Crippen LogP contribution >= 0.6 is 48.0 Å². The van der Waals surface area contributed by atoms with E-state index in [1.807, 2.05) is 36.4 Å². The summed E-state index contributed by atoms with van der Waals surface area (Å²) in [5.41, 5.74) is 1.59. The summed E-state index contributed by atoms with van der Waals surface area (Å²) in [6.45, 7) is 5.36. The van der Waals surface area contributed by atoms with Crippen molar-refractivity contribution in [1.82, 2.24) is 0 Å². The second kappa shape index (κ2) is 11.6. The molecule has 0 radical (unpaired) electrons. The molecule has 2 rings (SSSR count). The van der Waals surface area contributed by atoms with E-state index in [9.17, 15) is 15.3 Å². The summed E-state index contributed by atoms with van der Waals surface area (Å²) in [6, 6.07) is 20.9. The van der Waals surface area contributed by atoms with Crippen molar-refractivity contribution in [2.45, 2.75) is 43.1 Å². The fourth-order valence-corrected chi connectivity index (χ4v) is 5.60. The van der Waals surface area contributed by atoms with Crippen molar-refractivity contribution in [3.8, 4) is 17.9 Å². The Labute approximate surface area is 208 Å². The van der Waals surface area contributed by atoms with Gasteiger partial charge >= 0.3 is 5.97 Å². The first kappa shape index (κ1) is 26.0. The van der Waals surface area contributed by atoms with Crippen LogP contribution in [-0.2, 0) is 4.79 Å². The standard InChI is InChI=1S/C24H22N2O2S4/c1-23(2,15-25)31-22(30)18-10-7-11-19(14-18)28-20(27)12-13-24(3,16-26)32-21(29)17-8-5-4-6-9-17/h4-11,14H,12-13H2,1-3H3. The van der Waals surface area contributed by atoms with Gasteiger partial charge in [0.05, 0.1) is 20.5 Å². The lowest BCUT2D eigenvalue weighted by Crippen LogP contribution is -2.22. The second-order valence-corrected chi connectivity index (χ2v) is 12.1. The Morgan fingerprint density at radius 2 is 1.56 bits per heavy atom. The monoisotopic (exact) mass is 498 g/mol. The molecule has 2 aromatic carbocycles. The molecule has 2 aromatic rings. The highest BCUT2D eigenvalue weighted by Crippen LogP contribution is 2.33. The Kier molecular flexibility index (Phi) is 9.42. The van der Waals surface area contributed by atoms with Crippen LogP contribution < -0.4 is 4.74 Å². The van der Waals surface area contributed by atoms with Crippen molar-refractivity contribution in [3.63, 3.8) is 0 Å². The van der Waals surface area contributed by atoms with Crippen LogP contribution in [0.1, 0.15) is 44.7 Å². The van der Waals surface area contributed by atoms with E-state index >= 15 is 0 Å². The summed E-state index contributed by atoms with van der Waals surface area (Å²) in [7, 11) is 0. The van der Waals surface area contributed by atoms with Crippen molar-refractivity contribution in [2.75, 3.05) is 0 Å². The van der Waals surface area contributed by atoms with Crippen molar-refractivity contribution >= 4 is 62.3 Å². The smallest absolute Gasteiger partial charge is 0.311 e. The number of carbonyl (C=O) groups is 1. The normalized spacial score (nSPS) is 12.7. The van der Waals surface area contributed by atoms with Crippen LogP contribution in [0.2, 0.25) is 0 Å². The number of hydrogen-bond donors (Lipinski definition) is 0. The van der Waals surface area contributed by atoms with Crippen LogP contribution in [0.15, 0.2) is 54.6 Å². The molecule has 0 N–H and O–H groups in total. The van der Waals surface area contributed by atoms with E-state index in [1.165, 1.54) is 23.5 Å². The minimum Gasteiger partial charge on any atom is -0.427 e. The van der Waals surface area contributed by atoms with E-state index in [1.54, 1.807) is 39.0 Å². The minimum absolute atomic E-state index is 0.0688. The number of ether oxygens (including phenoxy) is 1. The molecule has 0 bridgehead atoms. The molecule has 1 unspecified atom stereocenters. The molecule has 32 heavy (non-hydrogen) atoms. The number of thiocarbonyl (C=S) groups is 2. The maximum absolute atomic E-state index is 12.4. The molecular weight excluding hydrogens is 477 g/mol. The third kappa shape index (κ3) is 8.03. The molecule has 0 aromatic heterocycles. The number of carbonyl (C=O) groups excluding carboxylic acids is 1. The Morgan fingerprint density at radius 1 is 0.938 bits per heavy atom. The molecule has 8 heteroatoms. The number of thioether (sulfide) groups is 2. The molecule has 0 aliphatic rings. The highest BCUT2D eigenvalue weighted by Gasteiger charge is 2.28. The molecule has 0 spiro atoms. The zero-order valence-corrected chi connectivity index (χ0v) is 21.2. The first-order valence-electron chi connectivity index (χ1n) is 9.72. The predicted octanol–water partition coefficient (Wildman–Crippen LogP) is 6.47. The number of nitrogens with zero attached hydrogens (tertiary/aromatic N) is 2. The summed E-state index contributed by atoms with van der Waals surface area (Å²) >= 11 is 13.5. The molecule has 0 aliphatic heterocycles. The quantitative estimate of drug-likeness (QED) is 0.233. The number of hydrogen-bond acceptors (Lipinski definition) is 8. The highest BCUT2D eigenvalue weighted by molar-refractivity contribution is 8.25. The van der Waals surface area contributed by atoms with E-state index in [-0.39, 0.29) is 6.42 Å². The van der Waals surface area contributed by atoms with Gasteiger partial charge in [0.2, 0.25) is 0 Å². The molecule has 0 aliphatic carbocycles. The van der Waals surface area contributed by atoms with Gasteiger partial charge in [-0.05, 0) is 44.9 Å². The Hall–Kier alpha value is -2.23. The van der Waals surface area contributed by atoms with Gasteiger partial charge in [0.1, 0.15) is 15.2 Å². The Bertz CT molecular complexity index is 1090. The lowest BCUT2D eigenvalue weighted by atomic mass is 10.1. The highest BCUT2D eigenvalue weighted by atomic mass is 32.2. The van der Waals surface area contributed by atoms with Gasteiger partial charge in [-0.1, -0.05) is 90.4 Å².